The van der Waals surface area contributed by atoms with Crippen molar-refractivity contribution in [3.05, 3.63) is 41.5 Å². The van der Waals surface area contributed by atoms with Crippen molar-refractivity contribution in [2.24, 2.45) is 5.92 Å². The van der Waals surface area contributed by atoms with E-state index in [-0.39, 0.29) is 18.4 Å². The summed E-state index contributed by atoms with van der Waals surface area (Å²) in [5, 5.41) is 3.02. The van der Waals surface area contributed by atoms with Crippen molar-refractivity contribution in [3.8, 4) is 0 Å². The summed E-state index contributed by atoms with van der Waals surface area (Å²) >= 11 is 0. The molecule has 5 nitrogen and oxygen atoms in total. The van der Waals surface area contributed by atoms with Gasteiger partial charge in [-0.2, -0.15) is 4.31 Å². The van der Waals surface area contributed by atoms with Crippen molar-refractivity contribution in [3.63, 3.8) is 0 Å². The van der Waals surface area contributed by atoms with Crippen LogP contribution in [0.2, 0.25) is 0 Å². The van der Waals surface area contributed by atoms with Gasteiger partial charge in [0.05, 0.1) is 10.8 Å². The largest absolute Gasteiger partial charge is 0.356 e. The quantitative estimate of drug-likeness (QED) is 0.757. The van der Waals surface area contributed by atoms with Crippen LogP contribution in [-0.4, -0.2) is 38.3 Å². The first-order valence-electron chi connectivity index (χ1n) is 9.99. The van der Waals surface area contributed by atoms with E-state index in [0.29, 0.717) is 24.4 Å². The van der Waals surface area contributed by atoms with E-state index in [0.717, 1.165) is 31.2 Å². The van der Waals surface area contributed by atoms with Crippen LogP contribution >= 0.6 is 0 Å². The average Bonchev–Trinajstić information content (AvgIpc) is 2.69. The number of benzene rings is 1. The molecule has 1 fully saturated rings. The van der Waals surface area contributed by atoms with Gasteiger partial charge >= 0.3 is 0 Å². The Bertz CT molecular complexity index is 784. The summed E-state index contributed by atoms with van der Waals surface area (Å²) in [5.74, 6) is -0.283. The molecule has 27 heavy (non-hydrogen) atoms. The van der Waals surface area contributed by atoms with Crippen LogP contribution in [0.15, 0.2) is 40.8 Å². The van der Waals surface area contributed by atoms with E-state index < -0.39 is 10.0 Å². The lowest BCUT2D eigenvalue weighted by molar-refractivity contribution is -0.126. The molecule has 1 aromatic carbocycles. The third-order valence-electron chi connectivity index (χ3n) is 5.54. The molecular formula is C21H30N2O3S. The van der Waals surface area contributed by atoms with Gasteiger partial charge in [0.2, 0.25) is 15.9 Å². The summed E-state index contributed by atoms with van der Waals surface area (Å²) in [4.78, 5) is 12.8. The Hall–Kier alpha value is -1.66. The van der Waals surface area contributed by atoms with Gasteiger partial charge in [0.15, 0.2) is 0 Å². The molecule has 6 heteroatoms. The van der Waals surface area contributed by atoms with Crippen LogP contribution in [0, 0.1) is 12.8 Å². The number of sulfonamides is 1. The predicted molar refractivity (Wildman–Crippen MR) is 107 cm³/mol. The van der Waals surface area contributed by atoms with Gasteiger partial charge in [0, 0.05) is 19.6 Å². The number of nitrogens with one attached hydrogen (secondary N) is 1. The summed E-state index contributed by atoms with van der Waals surface area (Å²) in [6.45, 7) is 3.32. The summed E-state index contributed by atoms with van der Waals surface area (Å²) in [5.41, 5.74) is 2.46. The molecule has 3 rings (SSSR count). The van der Waals surface area contributed by atoms with Gasteiger partial charge in [-0.05, 0) is 64.0 Å². The third-order valence-corrected chi connectivity index (χ3v) is 7.42. The molecule has 1 atom stereocenters. The number of allylic oxidation sites excluding steroid dienone is 1. The lowest BCUT2D eigenvalue weighted by Crippen LogP contribution is -2.45. The number of hydrogen-bond acceptors (Lipinski definition) is 3. The molecule has 0 unspecified atom stereocenters. The molecule has 148 valence electrons. The van der Waals surface area contributed by atoms with E-state index in [1.54, 1.807) is 24.3 Å². The Morgan fingerprint density at radius 2 is 1.96 bits per heavy atom. The highest BCUT2D eigenvalue weighted by atomic mass is 32.2. The molecule has 0 saturated carbocycles. The molecule has 1 aliphatic carbocycles. The number of carbonyl (C=O) groups is 1. The molecule has 1 aromatic rings. The number of hydrogen-bond donors (Lipinski definition) is 1. The molecular weight excluding hydrogens is 360 g/mol. The van der Waals surface area contributed by atoms with E-state index in [4.69, 9.17) is 0 Å². The maximum absolute atomic E-state index is 12.9. The molecule has 0 aromatic heterocycles. The van der Waals surface area contributed by atoms with Crippen LogP contribution in [0.3, 0.4) is 0 Å². The molecule has 1 N–H and O–H groups in total. The van der Waals surface area contributed by atoms with E-state index in [9.17, 15) is 13.2 Å². The maximum atomic E-state index is 12.9. The number of carbonyl (C=O) groups excluding carboxylic acids is 1. The molecule has 2 aliphatic rings. The Kier molecular flexibility index (Phi) is 6.71. The molecule has 0 radical (unpaired) electrons. The fourth-order valence-electron chi connectivity index (χ4n) is 3.86. The van der Waals surface area contributed by atoms with Crippen LogP contribution in [0.4, 0.5) is 0 Å². The summed E-state index contributed by atoms with van der Waals surface area (Å²) < 4.78 is 27.2. The summed E-state index contributed by atoms with van der Waals surface area (Å²) in [6, 6.07) is 6.90. The topological polar surface area (TPSA) is 66.5 Å². The van der Waals surface area contributed by atoms with Gasteiger partial charge in [0.1, 0.15) is 0 Å². The van der Waals surface area contributed by atoms with Crippen LogP contribution in [0.1, 0.15) is 50.5 Å². The van der Waals surface area contributed by atoms with Crippen LogP contribution in [-0.2, 0) is 14.8 Å². The Morgan fingerprint density at radius 1 is 1.19 bits per heavy atom. The van der Waals surface area contributed by atoms with E-state index in [2.05, 4.69) is 11.4 Å². The minimum absolute atomic E-state index is 0.0183. The van der Waals surface area contributed by atoms with Crippen LogP contribution in [0.25, 0.3) is 0 Å². The number of aryl methyl sites for hydroxylation is 1. The zero-order valence-electron chi connectivity index (χ0n) is 16.1. The fraction of sp³-hybridized carbons (Fsp3) is 0.571. The first-order valence-corrected chi connectivity index (χ1v) is 11.4. The molecule has 1 amide bonds. The van der Waals surface area contributed by atoms with Crippen molar-refractivity contribution in [2.75, 3.05) is 19.6 Å². The fourth-order valence-corrected chi connectivity index (χ4v) is 5.38. The lowest BCUT2D eigenvalue weighted by atomic mass is 9.96. The van der Waals surface area contributed by atoms with Crippen molar-refractivity contribution in [1.82, 2.24) is 9.62 Å². The highest BCUT2D eigenvalue weighted by Gasteiger charge is 2.33. The van der Waals surface area contributed by atoms with Crippen molar-refractivity contribution in [1.29, 1.82) is 0 Å². The molecule has 0 spiro atoms. The van der Waals surface area contributed by atoms with Gasteiger partial charge in [0.25, 0.3) is 0 Å². The van der Waals surface area contributed by atoms with Gasteiger partial charge in [-0.25, -0.2) is 8.42 Å². The van der Waals surface area contributed by atoms with E-state index in [1.165, 1.54) is 22.7 Å². The third kappa shape index (κ3) is 5.20. The van der Waals surface area contributed by atoms with Gasteiger partial charge in [-0.15, -0.1) is 0 Å². The zero-order chi connectivity index (χ0) is 19.3. The lowest BCUT2D eigenvalue weighted by Gasteiger charge is -2.31. The standard InChI is InChI=1S/C21H30N2O3S/c1-17-9-11-20(12-10-17)27(25,26)23-15-5-8-19(16-23)21(24)22-14-13-18-6-3-2-4-7-18/h6,9-12,19H,2-5,7-8,13-16H2,1H3,(H,22,24)/t19-/m1/s1. The average molecular weight is 391 g/mol. The number of rotatable bonds is 6. The maximum Gasteiger partial charge on any atom is 0.243 e. The summed E-state index contributed by atoms with van der Waals surface area (Å²) in [6.07, 6.45) is 9.47. The molecule has 1 saturated heterocycles. The van der Waals surface area contributed by atoms with Crippen LogP contribution in [0.5, 0.6) is 0 Å². The highest BCUT2D eigenvalue weighted by molar-refractivity contribution is 7.89. The van der Waals surface area contributed by atoms with Gasteiger partial charge < -0.3 is 5.32 Å². The second-order valence-electron chi connectivity index (χ2n) is 7.66. The van der Waals surface area contributed by atoms with E-state index in [1.807, 2.05) is 6.92 Å². The number of nitrogens with zero attached hydrogens (tertiary/aromatic N) is 1. The SMILES string of the molecule is Cc1ccc(S(=O)(=O)N2CCC[C@@H](C(=O)NCCC3=CCCCC3)C2)cc1. The predicted octanol–water partition coefficient (Wildman–Crippen LogP) is 3.40. The molecule has 1 heterocycles. The minimum atomic E-state index is -3.54. The normalized spacial score (nSPS) is 21.5. The number of piperidine rings is 1. The Labute approximate surface area is 162 Å². The Morgan fingerprint density at radius 3 is 2.67 bits per heavy atom. The van der Waals surface area contributed by atoms with Crippen LogP contribution < -0.4 is 5.32 Å². The number of amides is 1. The summed E-state index contributed by atoms with van der Waals surface area (Å²) in [7, 11) is -3.54. The minimum Gasteiger partial charge on any atom is -0.356 e. The molecule has 0 bridgehead atoms. The smallest absolute Gasteiger partial charge is 0.243 e. The van der Waals surface area contributed by atoms with E-state index >= 15 is 0 Å². The first kappa shape index (κ1) is 20.1. The van der Waals surface area contributed by atoms with Gasteiger partial charge in [-0.3, -0.25) is 4.79 Å². The van der Waals surface area contributed by atoms with Crippen molar-refractivity contribution < 1.29 is 13.2 Å². The van der Waals surface area contributed by atoms with Crippen molar-refractivity contribution in [2.45, 2.75) is 56.8 Å². The van der Waals surface area contributed by atoms with Crippen molar-refractivity contribution >= 4 is 15.9 Å². The Balaban J connectivity index is 1.55. The monoisotopic (exact) mass is 390 g/mol. The second kappa shape index (κ2) is 9.02. The molecule has 1 aliphatic heterocycles. The highest BCUT2D eigenvalue weighted by Crippen LogP contribution is 2.24. The second-order valence-corrected chi connectivity index (χ2v) is 9.60. The zero-order valence-corrected chi connectivity index (χ0v) is 16.9. The first-order chi connectivity index (χ1) is 13.0. The van der Waals surface area contributed by atoms with Gasteiger partial charge in [-0.1, -0.05) is 29.3 Å².